The van der Waals surface area contributed by atoms with Crippen molar-refractivity contribution in [3.63, 3.8) is 0 Å². The third-order valence-corrected chi connectivity index (χ3v) is 2.39. The van der Waals surface area contributed by atoms with Crippen LogP contribution in [0.15, 0.2) is 0 Å². The van der Waals surface area contributed by atoms with Gasteiger partial charge in [-0.25, -0.2) is 0 Å². The molecule has 1 saturated heterocycles. The van der Waals surface area contributed by atoms with Crippen molar-refractivity contribution in [1.82, 2.24) is 0 Å². The van der Waals surface area contributed by atoms with Gasteiger partial charge in [0.25, 0.3) is 0 Å². The lowest BCUT2D eigenvalue weighted by Gasteiger charge is -2.28. The Hall–Kier alpha value is 0.440. The molecule has 54 valence electrons. The van der Waals surface area contributed by atoms with E-state index in [0.29, 0.717) is 17.0 Å². The van der Waals surface area contributed by atoms with Gasteiger partial charge in [0, 0.05) is 4.83 Å². The monoisotopic (exact) mass is 192 g/mol. The molecule has 0 radical (unpaired) electrons. The Morgan fingerprint density at radius 3 is 2.00 bits per heavy atom. The molecule has 0 saturated carbocycles. The Kier molecular flexibility index (Phi) is 2.53. The minimum Gasteiger partial charge on any atom is -0.375 e. The molecule has 1 aliphatic rings. The van der Waals surface area contributed by atoms with Crippen LogP contribution in [0.2, 0.25) is 0 Å². The second-order valence-electron chi connectivity index (χ2n) is 2.83. The van der Waals surface area contributed by atoms with Crippen LogP contribution in [0, 0.1) is 0 Å². The first-order chi connectivity index (χ1) is 4.18. The lowest BCUT2D eigenvalue weighted by molar-refractivity contribution is -0.0257. The largest absolute Gasteiger partial charge is 0.375 e. The molecule has 0 spiro atoms. The Labute approximate surface area is 64.9 Å². The van der Waals surface area contributed by atoms with Crippen molar-refractivity contribution in [3.05, 3.63) is 0 Å². The number of rotatable bonds is 0. The zero-order valence-corrected chi connectivity index (χ0v) is 7.52. The van der Waals surface area contributed by atoms with Crippen molar-refractivity contribution in [1.29, 1.82) is 0 Å². The summed E-state index contributed by atoms with van der Waals surface area (Å²) in [4.78, 5) is 0.677. The second-order valence-corrected chi connectivity index (χ2v) is 4.12. The quantitative estimate of drug-likeness (QED) is 0.536. The average molecular weight is 193 g/mol. The highest BCUT2D eigenvalue weighted by Gasteiger charge is 2.21. The minimum absolute atomic E-state index is 0.443. The van der Waals surface area contributed by atoms with Crippen LogP contribution < -0.4 is 0 Å². The van der Waals surface area contributed by atoms with E-state index < -0.39 is 0 Å². The average Bonchev–Trinajstić information content (AvgIpc) is 1.59. The number of hydrogen-bond acceptors (Lipinski definition) is 1. The van der Waals surface area contributed by atoms with E-state index in [1.54, 1.807) is 0 Å². The summed E-state index contributed by atoms with van der Waals surface area (Å²) in [5, 5.41) is 0. The Morgan fingerprint density at radius 1 is 1.22 bits per heavy atom. The summed E-state index contributed by atoms with van der Waals surface area (Å²) in [6.45, 7) is 4.26. The zero-order valence-electron chi connectivity index (χ0n) is 5.93. The highest BCUT2D eigenvalue weighted by molar-refractivity contribution is 9.09. The van der Waals surface area contributed by atoms with Crippen molar-refractivity contribution in [2.24, 2.45) is 0 Å². The summed E-state index contributed by atoms with van der Waals surface area (Å²) in [5.41, 5.74) is 0. The highest BCUT2D eigenvalue weighted by atomic mass is 79.9. The molecule has 0 aromatic heterocycles. The van der Waals surface area contributed by atoms with Gasteiger partial charge in [0.2, 0.25) is 0 Å². The van der Waals surface area contributed by atoms with E-state index in [1.807, 2.05) is 0 Å². The van der Waals surface area contributed by atoms with Crippen LogP contribution in [0.3, 0.4) is 0 Å². The SMILES string of the molecule is C[C@@H]1C[C@@H](Br)C[C@H](C)O1. The fourth-order valence-electron chi connectivity index (χ4n) is 1.32. The van der Waals surface area contributed by atoms with E-state index in [0.717, 1.165) is 12.8 Å². The summed E-state index contributed by atoms with van der Waals surface area (Å²) in [6.07, 6.45) is 3.20. The molecule has 0 aliphatic carbocycles. The standard InChI is InChI=1S/C7H13BrO/c1-5-3-7(8)4-6(2)9-5/h5-7H,3-4H2,1-2H3/t5-,6+,7-. The minimum atomic E-state index is 0.443. The molecular weight excluding hydrogens is 180 g/mol. The normalized spacial score (nSPS) is 45.0. The summed E-state index contributed by atoms with van der Waals surface area (Å²) in [6, 6.07) is 0. The molecule has 0 aromatic carbocycles. The van der Waals surface area contributed by atoms with Crippen LogP contribution in [0.4, 0.5) is 0 Å². The summed E-state index contributed by atoms with van der Waals surface area (Å²) in [7, 11) is 0. The first kappa shape index (κ1) is 7.55. The first-order valence-electron chi connectivity index (χ1n) is 3.48. The van der Waals surface area contributed by atoms with Gasteiger partial charge in [0.15, 0.2) is 0 Å². The van der Waals surface area contributed by atoms with E-state index in [9.17, 15) is 0 Å². The lowest BCUT2D eigenvalue weighted by Crippen LogP contribution is -2.29. The van der Waals surface area contributed by atoms with Gasteiger partial charge in [-0.05, 0) is 26.7 Å². The molecule has 2 heteroatoms. The molecule has 0 bridgehead atoms. The maximum absolute atomic E-state index is 5.53. The Morgan fingerprint density at radius 2 is 1.67 bits per heavy atom. The molecule has 1 nitrogen and oxygen atoms in total. The molecule has 0 unspecified atom stereocenters. The van der Waals surface area contributed by atoms with Crippen molar-refractivity contribution in [2.75, 3.05) is 0 Å². The van der Waals surface area contributed by atoms with Crippen LogP contribution in [0.5, 0.6) is 0 Å². The predicted molar refractivity (Wildman–Crippen MR) is 42.0 cm³/mol. The van der Waals surface area contributed by atoms with Gasteiger partial charge in [0.05, 0.1) is 12.2 Å². The number of ether oxygens (including phenoxy) is 1. The topological polar surface area (TPSA) is 9.23 Å². The van der Waals surface area contributed by atoms with E-state index in [2.05, 4.69) is 29.8 Å². The van der Waals surface area contributed by atoms with E-state index in [1.165, 1.54) is 0 Å². The zero-order chi connectivity index (χ0) is 6.85. The van der Waals surface area contributed by atoms with Crippen LogP contribution in [-0.2, 0) is 4.74 Å². The molecule has 0 amide bonds. The van der Waals surface area contributed by atoms with Crippen LogP contribution in [0.25, 0.3) is 0 Å². The van der Waals surface area contributed by atoms with E-state index in [-0.39, 0.29) is 0 Å². The fourth-order valence-corrected chi connectivity index (χ4v) is 2.38. The van der Waals surface area contributed by atoms with Gasteiger partial charge < -0.3 is 4.74 Å². The molecule has 0 N–H and O–H groups in total. The van der Waals surface area contributed by atoms with Gasteiger partial charge in [-0.3, -0.25) is 0 Å². The maximum Gasteiger partial charge on any atom is 0.0561 e. The third-order valence-electron chi connectivity index (χ3n) is 1.64. The molecule has 1 heterocycles. The van der Waals surface area contributed by atoms with Crippen molar-refractivity contribution < 1.29 is 4.74 Å². The summed E-state index contributed by atoms with van der Waals surface area (Å²) in [5.74, 6) is 0. The number of halogens is 1. The van der Waals surface area contributed by atoms with Crippen molar-refractivity contribution in [3.8, 4) is 0 Å². The molecular formula is C7H13BrO. The van der Waals surface area contributed by atoms with Crippen LogP contribution in [-0.4, -0.2) is 17.0 Å². The smallest absolute Gasteiger partial charge is 0.0561 e. The molecule has 9 heavy (non-hydrogen) atoms. The summed E-state index contributed by atoms with van der Waals surface area (Å²) >= 11 is 3.59. The molecule has 1 rings (SSSR count). The van der Waals surface area contributed by atoms with Gasteiger partial charge in [-0.2, -0.15) is 0 Å². The first-order valence-corrected chi connectivity index (χ1v) is 4.39. The molecule has 3 atom stereocenters. The predicted octanol–water partition coefficient (Wildman–Crippen LogP) is 2.34. The lowest BCUT2D eigenvalue weighted by atomic mass is 10.1. The van der Waals surface area contributed by atoms with Crippen molar-refractivity contribution in [2.45, 2.75) is 43.7 Å². The van der Waals surface area contributed by atoms with Crippen molar-refractivity contribution >= 4 is 15.9 Å². The fraction of sp³-hybridized carbons (Fsp3) is 1.00. The van der Waals surface area contributed by atoms with Gasteiger partial charge >= 0.3 is 0 Å². The molecule has 1 fully saturated rings. The van der Waals surface area contributed by atoms with Gasteiger partial charge in [0.1, 0.15) is 0 Å². The third kappa shape index (κ3) is 2.26. The van der Waals surface area contributed by atoms with E-state index >= 15 is 0 Å². The summed E-state index contributed by atoms with van der Waals surface area (Å²) < 4.78 is 5.53. The highest BCUT2D eigenvalue weighted by Crippen LogP contribution is 2.24. The maximum atomic E-state index is 5.53. The Balaban J connectivity index is 2.34. The van der Waals surface area contributed by atoms with Crippen LogP contribution in [0.1, 0.15) is 26.7 Å². The van der Waals surface area contributed by atoms with Crippen LogP contribution >= 0.6 is 15.9 Å². The molecule has 0 aromatic rings. The van der Waals surface area contributed by atoms with Gasteiger partial charge in [-0.15, -0.1) is 0 Å². The number of hydrogen-bond donors (Lipinski definition) is 0. The Bertz CT molecular complexity index is 69.9. The molecule has 1 aliphatic heterocycles. The second kappa shape index (κ2) is 3.02. The van der Waals surface area contributed by atoms with E-state index in [4.69, 9.17) is 4.74 Å². The van der Waals surface area contributed by atoms with Gasteiger partial charge in [-0.1, -0.05) is 15.9 Å². The number of alkyl halides is 1.